The minimum absolute atomic E-state index is 0. The molecule has 0 radical (unpaired) electrons. The van der Waals surface area contributed by atoms with Crippen LogP contribution in [0, 0.1) is 0 Å². The van der Waals surface area contributed by atoms with Crippen LogP contribution in [0.2, 0.25) is 0 Å². The van der Waals surface area contributed by atoms with Crippen LogP contribution in [0.15, 0.2) is 66.7 Å². The second-order valence-corrected chi connectivity index (χ2v) is 7.32. The molecule has 1 aliphatic rings. The molecule has 1 N–H and O–H groups in total. The van der Waals surface area contributed by atoms with Gasteiger partial charge in [-0.3, -0.25) is 0 Å². The third-order valence-corrected chi connectivity index (χ3v) is 5.56. The van der Waals surface area contributed by atoms with Crippen molar-refractivity contribution < 1.29 is 9.47 Å². The summed E-state index contributed by atoms with van der Waals surface area (Å²) >= 11 is 0. The minimum atomic E-state index is 0. The first-order valence-corrected chi connectivity index (χ1v) is 9.96. The van der Waals surface area contributed by atoms with Crippen LogP contribution >= 0.6 is 12.4 Å². The molecule has 0 spiro atoms. The summed E-state index contributed by atoms with van der Waals surface area (Å²) in [7, 11) is 1.71. The summed E-state index contributed by atoms with van der Waals surface area (Å²) in [6.45, 7) is 5.48. The molecular weight excluding hydrogens is 384 g/mol. The molecule has 0 bridgehead atoms. The molecule has 2 atom stereocenters. The minimum Gasteiger partial charge on any atom is -0.497 e. The summed E-state index contributed by atoms with van der Waals surface area (Å²) in [5.41, 5.74) is 2.52. The molecule has 0 saturated carbocycles. The molecule has 29 heavy (non-hydrogen) atoms. The number of halogens is 1. The molecule has 0 amide bonds. The van der Waals surface area contributed by atoms with Gasteiger partial charge in [0.1, 0.15) is 5.75 Å². The summed E-state index contributed by atoms with van der Waals surface area (Å²) in [4.78, 5) is 2.43. The van der Waals surface area contributed by atoms with E-state index < -0.39 is 0 Å². The molecule has 3 aromatic carbocycles. The van der Waals surface area contributed by atoms with Crippen molar-refractivity contribution in [1.29, 1.82) is 0 Å². The van der Waals surface area contributed by atoms with Crippen LogP contribution in [-0.4, -0.2) is 39.5 Å². The van der Waals surface area contributed by atoms with Crippen molar-refractivity contribution >= 4 is 28.9 Å². The Bertz CT molecular complexity index is 928. The Kier molecular flexibility index (Phi) is 7.37. The largest absolute Gasteiger partial charge is 0.497 e. The number of ether oxygens (including phenoxy) is 2. The zero-order valence-corrected chi connectivity index (χ0v) is 17.8. The molecular formula is C24H29ClN2O2. The van der Waals surface area contributed by atoms with E-state index in [0.29, 0.717) is 6.04 Å². The maximum atomic E-state index is 5.79. The SMILES string of the molecule is COc1cccc(N2CCOCC2CNC(C)c2cccc3ccccc23)c1.Cl. The summed E-state index contributed by atoms with van der Waals surface area (Å²) in [5.74, 6) is 0.889. The molecule has 2 unspecified atom stereocenters. The number of fused-ring (bicyclic) bond motifs is 1. The Morgan fingerprint density at radius 1 is 1.10 bits per heavy atom. The van der Waals surface area contributed by atoms with E-state index in [1.165, 1.54) is 22.0 Å². The van der Waals surface area contributed by atoms with Gasteiger partial charge in [-0.05, 0) is 35.4 Å². The lowest BCUT2D eigenvalue weighted by molar-refractivity contribution is 0.0930. The lowest BCUT2D eigenvalue weighted by atomic mass is 9.99. The van der Waals surface area contributed by atoms with Crippen LogP contribution in [0.1, 0.15) is 18.5 Å². The Hall–Kier alpha value is -2.27. The second kappa shape index (κ2) is 9.97. The highest BCUT2D eigenvalue weighted by molar-refractivity contribution is 5.86. The number of nitrogens with zero attached hydrogens (tertiary/aromatic N) is 1. The fraction of sp³-hybridized carbons (Fsp3) is 0.333. The number of nitrogens with one attached hydrogen (secondary N) is 1. The van der Waals surface area contributed by atoms with Gasteiger partial charge in [-0.1, -0.05) is 48.5 Å². The van der Waals surface area contributed by atoms with Crippen molar-refractivity contribution in [3.8, 4) is 5.75 Å². The van der Waals surface area contributed by atoms with Crippen molar-refractivity contribution in [2.75, 3.05) is 38.3 Å². The van der Waals surface area contributed by atoms with E-state index in [2.05, 4.69) is 71.7 Å². The molecule has 0 aliphatic carbocycles. The zero-order valence-electron chi connectivity index (χ0n) is 17.0. The van der Waals surface area contributed by atoms with Gasteiger partial charge in [0.25, 0.3) is 0 Å². The number of methoxy groups -OCH3 is 1. The molecule has 4 rings (SSSR count). The lowest BCUT2D eigenvalue weighted by Crippen LogP contribution is -2.50. The molecule has 1 heterocycles. The molecule has 154 valence electrons. The fourth-order valence-corrected chi connectivity index (χ4v) is 4.00. The molecule has 3 aromatic rings. The standard InChI is InChI=1S/C24H28N2O2.ClH/c1-18(23-12-5-8-19-7-3-4-11-24(19)23)25-16-21-17-28-14-13-26(21)20-9-6-10-22(15-20)27-2;/h3-12,15,18,21,25H,13-14,16-17H2,1-2H3;1H. The predicted octanol–water partition coefficient (Wildman–Crippen LogP) is 4.83. The van der Waals surface area contributed by atoms with E-state index >= 15 is 0 Å². The van der Waals surface area contributed by atoms with Crippen LogP contribution < -0.4 is 15.0 Å². The van der Waals surface area contributed by atoms with Gasteiger partial charge >= 0.3 is 0 Å². The summed E-state index contributed by atoms with van der Waals surface area (Å²) < 4.78 is 11.2. The maximum Gasteiger partial charge on any atom is 0.120 e. The van der Waals surface area contributed by atoms with Crippen molar-refractivity contribution in [1.82, 2.24) is 5.32 Å². The van der Waals surface area contributed by atoms with Gasteiger partial charge in [0.15, 0.2) is 0 Å². The third kappa shape index (κ3) is 4.84. The Labute approximate surface area is 179 Å². The smallest absolute Gasteiger partial charge is 0.120 e. The van der Waals surface area contributed by atoms with Crippen molar-refractivity contribution in [3.05, 3.63) is 72.3 Å². The average molecular weight is 413 g/mol. The van der Waals surface area contributed by atoms with E-state index in [1.54, 1.807) is 7.11 Å². The quantitative estimate of drug-likeness (QED) is 0.629. The number of benzene rings is 3. The highest BCUT2D eigenvalue weighted by Crippen LogP contribution is 2.26. The maximum absolute atomic E-state index is 5.79. The molecule has 5 heteroatoms. The Balaban J connectivity index is 0.00000240. The van der Waals surface area contributed by atoms with Crippen LogP contribution in [0.3, 0.4) is 0 Å². The predicted molar refractivity (Wildman–Crippen MR) is 123 cm³/mol. The Morgan fingerprint density at radius 2 is 1.90 bits per heavy atom. The number of hydrogen-bond acceptors (Lipinski definition) is 4. The molecule has 4 nitrogen and oxygen atoms in total. The molecule has 1 saturated heterocycles. The van der Waals surface area contributed by atoms with Crippen LogP contribution in [-0.2, 0) is 4.74 Å². The summed E-state index contributed by atoms with van der Waals surface area (Å²) in [6.07, 6.45) is 0. The number of anilines is 1. The number of morpholine rings is 1. The first-order valence-electron chi connectivity index (χ1n) is 9.96. The molecule has 0 aromatic heterocycles. The Morgan fingerprint density at radius 3 is 2.76 bits per heavy atom. The topological polar surface area (TPSA) is 33.7 Å². The van der Waals surface area contributed by atoms with Gasteiger partial charge in [-0.15, -0.1) is 12.4 Å². The van der Waals surface area contributed by atoms with Crippen LogP contribution in [0.5, 0.6) is 5.75 Å². The molecule has 1 aliphatic heterocycles. The van der Waals surface area contributed by atoms with Gasteiger partial charge in [-0.2, -0.15) is 0 Å². The fourth-order valence-electron chi connectivity index (χ4n) is 4.00. The average Bonchev–Trinajstić information content (AvgIpc) is 2.77. The highest BCUT2D eigenvalue weighted by Gasteiger charge is 2.24. The molecule has 1 fully saturated rings. The number of hydrogen-bond donors (Lipinski definition) is 1. The van der Waals surface area contributed by atoms with Gasteiger partial charge < -0.3 is 19.7 Å². The zero-order chi connectivity index (χ0) is 19.3. The van der Waals surface area contributed by atoms with Crippen LogP contribution in [0.25, 0.3) is 10.8 Å². The lowest BCUT2D eigenvalue weighted by Gasteiger charge is -2.38. The van der Waals surface area contributed by atoms with Gasteiger partial charge in [0.05, 0.1) is 26.4 Å². The number of rotatable bonds is 6. The second-order valence-electron chi connectivity index (χ2n) is 7.32. The monoisotopic (exact) mass is 412 g/mol. The van der Waals surface area contributed by atoms with Crippen molar-refractivity contribution in [2.24, 2.45) is 0 Å². The van der Waals surface area contributed by atoms with E-state index in [0.717, 1.165) is 32.1 Å². The van der Waals surface area contributed by atoms with Gasteiger partial charge in [0, 0.05) is 30.9 Å². The summed E-state index contributed by atoms with van der Waals surface area (Å²) in [5, 5.41) is 6.34. The van der Waals surface area contributed by atoms with Crippen molar-refractivity contribution in [2.45, 2.75) is 19.0 Å². The summed E-state index contributed by atoms with van der Waals surface area (Å²) in [6, 6.07) is 23.9. The first-order chi connectivity index (χ1) is 13.8. The highest BCUT2D eigenvalue weighted by atomic mass is 35.5. The first kappa shape index (κ1) is 21.4. The van der Waals surface area contributed by atoms with Crippen LogP contribution in [0.4, 0.5) is 5.69 Å². The normalized spacial score (nSPS) is 17.6. The van der Waals surface area contributed by atoms with E-state index in [9.17, 15) is 0 Å². The van der Waals surface area contributed by atoms with E-state index in [1.807, 2.05) is 12.1 Å². The van der Waals surface area contributed by atoms with Crippen molar-refractivity contribution in [3.63, 3.8) is 0 Å². The van der Waals surface area contributed by atoms with Gasteiger partial charge in [0.2, 0.25) is 0 Å². The van der Waals surface area contributed by atoms with E-state index in [4.69, 9.17) is 9.47 Å². The van der Waals surface area contributed by atoms with Gasteiger partial charge in [-0.25, -0.2) is 0 Å². The van der Waals surface area contributed by atoms with E-state index in [-0.39, 0.29) is 18.4 Å². The third-order valence-electron chi connectivity index (χ3n) is 5.56.